The summed E-state index contributed by atoms with van der Waals surface area (Å²) >= 11 is 0. The van der Waals surface area contributed by atoms with Crippen molar-refractivity contribution in [1.29, 1.82) is 0 Å². The van der Waals surface area contributed by atoms with E-state index in [0.29, 0.717) is 19.4 Å². The lowest BCUT2D eigenvalue weighted by Gasteiger charge is -2.02. The largest absolute Gasteiger partial charge is 0.395 e. The second kappa shape index (κ2) is 8.02. The van der Waals surface area contributed by atoms with Gasteiger partial charge in [-0.1, -0.05) is 30.3 Å². The fraction of sp³-hybridized carbons (Fsp3) is 0.462. The van der Waals surface area contributed by atoms with Crippen LogP contribution in [0.4, 0.5) is 0 Å². The molecular formula is C13H19NO2. The minimum atomic E-state index is 0.151. The van der Waals surface area contributed by atoms with E-state index in [-0.39, 0.29) is 12.4 Å². The molecule has 1 aromatic carbocycles. The van der Waals surface area contributed by atoms with Crippen molar-refractivity contribution in [2.24, 2.45) is 0 Å². The van der Waals surface area contributed by atoms with Crippen LogP contribution in [-0.2, 0) is 11.2 Å². The van der Waals surface area contributed by atoms with E-state index in [1.54, 1.807) is 0 Å². The number of Topliss-reactive ketones (excluding diaryl/α,β-unsaturated/α-hetero) is 1. The predicted octanol–water partition coefficient (Wildman–Crippen LogP) is 1.16. The molecule has 0 aliphatic rings. The van der Waals surface area contributed by atoms with Crippen LogP contribution in [0.5, 0.6) is 0 Å². The fourth-order valence-corrected chi connectivity index (χ4v) is 1.53. The number of hydrogen-bond donors (Lipinski definition) is 2. The maximum atomic E-state index is 11.6. The van der Waals surface area contributed by atoms with Gasteiger partial charge in [-0.15, -0.1) is 0 Å². The fourth-order valence-electron chi connectivity index (χ4n) is 1.53. The third-order valence-corrected chi connectivity index (χ3v) is 2.34. The number of carbonyl (C=O) groups excluding carboxylic acids is 1. The van der Waals surface area contributed by atoms with E-state index < -0.39 is 0 Å². The molecule has 16 heavy (non-hydrogen) atoms. The van der Waals surface area contributed by atoms with Crippen molar-refractivity contribution in [2.45, 2.75) is 19.3 Å². The van der Waals surface area contributed by atoms with Crippen LogP contribution in [0.25, 0.3) is 0 Å². The van der Waals surface area contributed by atoms with Crippen LogP contribution in [0, 0.1) is 0 Å². The highest BCUT2D eigenvalue weighted by Gasteiger charge is 2.02. The van der Waals surface area contributed by atoms with E-state index >= 15 is 0 Å². The highest BCUT2D eigenvalue weighted by molar-refractivity contribution is 5.80. The Balaban J connectivity index is 2.12. The molecule has 2 N–H and O–H groups in total. The molecule has 0 atom stereocenters. The van der Waals surface area contributed by atoms with Crippen molar-refractivity contribution in [3.8, 4) is 0 Å². The minimum absolute atomic E-state index is 0.151. The number of carbonyl (C=O) groups is 1. The summed E-state index contributed by atoms with van der Waals surface area (Å²) in [4.78, 5) is 11.6. The molecule has 0 saturated heterocycles. The smallest absolute Gasteiger partial charge is 0.137 e. The molecular weight excluding hydrogens is 202 g/mol. The van der Waals surface area contributed by atoms with Gasteiger partial charge in [0.1, 0.15) is 5.78 Å². The van der Waals surface area contributed by atoms with Gasteiger partial charge < -0.3 is 10.4 Å². The molecule has 3 heteroatoms. The predicted molar refractivity (Wildman–Crippen MR) is 64.3 cm³/mol. The standard InChI is InChI=1S/C13H19NO2/c15-10-9-14-8-4-7-13(16)11-12-5-2-1-3-6-12/h1-3,5-6,14-15H,4,7-11H2. The molecule has 0 unspecified atom stereocenters. The molecule has 0 amide bonds. The molecule has 0 fully saturated rings. The molecule has 1 rings (SSSR count). The average molecular weight is 221 g/mol. The van der Waals surface area contributed by atoms with Gasteiger partial charge in [-0.2, -0.15) is 0 Å². The van der Waals surface area contributed by atoms with Crippen LogP contribution in [0.15, 0.2) is 30.3 Å². The first kappa shape index (κ1) is 12.9. The number of aliphatic hydroxyl groups is 1. The summed E-state index contributed by atoms with van der Waals surface area (Å²) in [6, 6.07) is 9.80. The van der Waals surface area contributed by atoms with Gasteiger partial charge in [0.15, 0.2) is 0 Å². The molecule has 0 radical (unpaired) electrons. The Morgan fingerprint density at radius 2 is 1.94 bits per heavy atom. The van der Waals surface area contributed by atoms with Crippen molar-refractivity contribution in [2.75, 3.05) is 19.7 Å². The molecule has 1 aromatic rings. The van der Waals surface area contributed by atoms with E-state index in [1.165, 1.54) is 0 Å². The summed E-state index contributed by atoms with van der Waals surface area (Å²) in [6.07, 6.45) is 1.97. The van der Waals surface area contributed by atoms with Crippen LogP contribution in [0.3, 0.4) is 0 Å². The normalized spacial score (nSPS) is 10.3. The van der Waals surface area contributed by atoms with Gasteiger partial charge in [0.05, 0.1) is 6.61 Å². The van der Waals surface area contributed by atoms with Gasteiger partial charge in [-0.3, -0.25) is 4.79 Å². The number of rotatable bonds is 8. The van der Waals surface area contributed by atoms with Gasteiger partial charge in [-0.25, -0.2) is 0 Å². The first-order chi connectivity index (χ1) is 7.83. The lowest BCUT2D eigenvalue weighted by atomic mass is 10.1. The summed E-state index contributed by atoms with van der Waals surface area (Å²) in [5.74, 6) is 0.275. The number of nitrogens with one attached hydrogen (secondary N) is 1. The van der Waals surface area contributed by atoms with E-state index in [9.17, 15) is 4.79 Å². The third-order valence-electron chi connectivity index (χ3n) is 2.34. The Hall–Kier alpha value is -1.19. The Morgan fingerprint density at radius 3 is 2.62 bits per heavy atom. The molecule has 0 bridgehead atoms. The van der Waals surface area contributed by atoms with Crippen molar-refractivity contribution in [3.05, 3.63) is 35.9 Å². The first-order valence-corrected chi connectivity index (χ1v) is 5.70. The molecule has 0 aliphatic heterocycles. The Bertz CT molecular complexity index is 298. The molecule has 0 aromatic heterocycles. The zero-order valence-corrected chi connectivity index (χ0v) is 9.48. The summed E-state index contributed by atoms with van der Waals surface area (Å²) in [5, 5.41) is 11.6. The number of benzene rings is 1. The summed E-state index contributed by atoms with van der Waals surface area (Å²) in [6.45, 7) is 1.55. The second-order valence-corrected chi connectivity index (χ2v) is 3.78. The van der Waals surface area contributed by atoms with Crippen LogP contribution in [0.2, 0.25) is 0 Å². The van der Waals surface area contributed by atoms with Gasteiger partial charge in [0.2, 0.25) is 0 Å². The van der Waals surface area contributed by atoms with Crippen molar-refractivity contribution >= 4 is 5.78 Å². The minimum Gasteiger partial charge on any atom is -0.395 e. The molecule has 88 valence electrons. The lowest BCUT2D eigenvalue weighted by Crippen LogP contribution is -2.20. The third kappa shape index (κ3) is 5.63. The van der Waals surface area contributed by atoms with Gasteiger partial charge in [0, 0.05) is 19.4 Å². The average Bonchev–Trinajstić information content (AvgIpc) is 2.30. The maximum Gasteiger partial charge on any atom is 0.137 e. The van der Waals surface area contributed by atoms with Gasteiger partial charge in [0.25, 0.3) is 0 Å². The van der Waals surface area contributed by atoms with Crippen LogP contribution in [0.1, 0.15) is 18.4 Å². The Labute approximate surface area is 96.5 Å². The van der Waals surface area contributed by atoms with E-state index in [0.717, 1.165) is 18.5 Å². The molecule has 0 aliphatic carbocycles. The number of aliphatic hydroxyl groups excluding tert-OH is 1. The number of hydrogen-bond acceptors (Lipinski definition) is 3. The Kier molecular flexibility index (Phi) is 6.45. The summed E-state index contributed by atoms with van der Waals surface area (Å²) in [5.41, 5.74) is 1.08. The van der Waals surface area contributed by atoms with Crippen LogP contribution >= 0.6 is 0 Å². The van der Waals surface area contributed by atoms with Crippen molar-refractivity contribution in [1.82, 2.24) is 5.32 Å². The lowest BCUT2D eigenvalue weighted by molar-refractivity contribution is -0.118. The van der Waals surface area contributed by atoms with E-state index in [2.05, 4.69) is 5.32 Å². The van der Waals surface area contributed by atoms with Crippen LogP contribution in [-0.4, -0.2) is 30.6 Å². The zero-order valence-electron chi connectivity index (χ0n) is 9.48. The SMILES string of the molecule is O=C(CCCNCCO)Cc1ccccc1. The molecule has 0 saturated carbocycles. The van der Waals surface area contributed by atoms with E-state index in [1.807, 2.05) is 30.3 Å². The number of ketones is 1. The zero-order chi connectivity index (χ0) is 11.6. The quantitative estimate of drug-likeness (QED) is 0.648. The summed E-state index contributed by atoms with van der Waals surface area (Å²) in [7, 11) is 0. The van der Waals surface area contributed by atoms with Crippen molar-refractivity contribution in [3.63, 3.8) is 0 Å². The van der Waals surface area contributed by atoms with Crippen molar-refractivity contribution < 1.29 is 9.90 Å². The monoisotopic (exact) mass is 221 g/mol. The summed E-state index contributed by atoms with van der Waals surface area (Å²) < 4.78 is 0. The Morgan fingerprint density at radius 1 is 1.19 bits per heavy atom. The van der Waals surface area contributed by atoms with E-state index in [4.69, 9.17) is 5.11 Å². The molecule has 0 spiro atoms. The van der Waals surface area contributed by atoms with Crippen LogP contribution < -0.4 is 5.32 Å². The highest BCUT2D eigenvalue weighted by Crippen LogP contribution is 2.02. The molecule has 0 heterocycles. The first-order valence-electron chi connectivity index (χ1n) is 5.70. The highest BCUT2D eigenvalue weighted by atomic mass is 16.3. The molecule has 3 nitrogen and oxygen atoms in total. The second-order valence-electron chi connectivity index (χ2n) is 3.78. The van der Waals surface area contributed by atoms with Gasteiger partial charge >= 0.3 is 0 Å². The maximum absolute atomic E-state index is 11.6. The van der Waals surface area contributed by atoms with Gasteiger partial charge in [-0.05, 0) is 18.5 Å². The topological polar surface area (TPSA) is 49.3 Å².